The summed E-state index contributed by atoms with van der Waals surface area (Å²) in [5.41, 5.74) is 0. The Balaban J connectivity index is 1.82. The first kappa shape index (κ1) is 59.0. The third kappa shape index (κ3) is 24.8. The molecule has 14 nitrogen and oxygen atoms in total. The van der Waals surface area contributed by atoms with Gasteiger partial charge in [0, 0.05) is 6.42 Å². The molecule has 66 heavy (non-hydrogen) atoms. The first-order valence-corrected chi connectivity index (χ1v) is 24.5. The van der Waals surface area contributed by atoms with Crippen LogP contribution in [0.5, 0.6) is 0 Å². The summed E-state index contributed by atoms with van der Waals surface area (Å²) in [5, 5.41) is 86.4. The Morgan fingerprint density at radius 1 is 0.561 bits per heavy atom. The van der Waals surface area contributed by atoms with Gasteiger partial charge in [-0.3, -0.25) is 4.79 Å². The molecule has 0 spiro atoms. The van der Waals surface area contributed by atoms with Crippen molar-refractivity contribution in [3.63, 3.8) is 0 Å². The van der Waals surface area contributed by atoms with Crippen molar-refractivity contribution in [2.45, 2.75) is 203 Å². The van der Waals surface area contributed by atoms with Crippen molar-refractivity contribution in [3.8, 4) is 0 Å². The van der Waals surface area contributed by atoms with E-state index in [4.69, 9.17) is 18.9 Å². The number of rotatable bonds is 35. The highest BCUT2D eigenvalue weighted by molar-refractivity contribution is 5.76. The second kappa shape index (κ2) is 37.8. The predicted molar refractivity (Wildman–Crippen MR) is 258 cm³/mol. The van der Waals surface area contributed by atoms with Gasteiger partial charge >= 0.3 is 0 Å². The molecule has 0 aromatic heterocycles. The lowest BCUT2D eigenvalue weighted by Gasteiger charge is -2.46. The van der Waals surface area contributed by atoms with E-state index in [9.17, 15) is 45.6 Å². The first-order valence-electron chi connectivity index (χ1n) is 24.5. The number of aliphatic hydroxyl groups is 8. The van der Waals surface area contributed by atoms with Crippen LogP contribution in [0, 0.1) is 0 Å². The number of nitrogens with one attached hydrogen (secondary N) is 1. The molecule has 1 amide bonds. The lowest BCUT2D eigenvalue weighted by molar-refractivity contribution is -0.359. The molecule has 2 rings (SSSR count). The highest BCUT2D eigenvalue weighted by Crippen LogP contribution is 2.30. The fourth-order valence-electron chi connectivity index (χ4n) is 7.25. The van der Waals surface area contributed by atoms with Gasteiger partial charge in [-0.2, -0.15) is 0 Å². The van der Waals surface area contributed by atoms with Gasteiger partial charge < -0.3 is 65.1 Å². The molecule has 0 aliphatic carbocycles. The summed E-state index contributed by atoms with van der Waals surface area (Å²) in [6.07, 6.45) is 33.2. The van der Waals surface area contributed by atoms with Crippen LogP contribution in [0.25, 0.3) is 0 Å². The van der Waals surface area contributed by atoms with E-state index >= 15 is 0 Å². The molecule has 0 radical (unpaired) electrons. The molecule has 2 saturated heterocycles. The largest absolute Gasteiger partial charge is 0.394 e. The van der Waals surface area contributed by atoms with Crippen molar-refractivity contribution in [3.05, 3.63) is 97.2 Å². The number of carbonyl (C=O) groups excluding carboxylic acids is 1. The van der Waals surface area contributed by atoms with Crippen LogP contribution in [0.1, 0.15) is 129 Å². The summed E-state index contributed by atoms with van der Waals surface area (Å²) >= 11 is 0. The molecule has 2 heterocycles. The molecule has 2 fully saturated rings. The second-order valence-electron chi connectivity index (χ2n) is 16.8. The van der Waals surface area contributed by atoms with E-state index in [1.54, 1.807) is 6.08 Å². The Labute approximate surface area is 394 Å². The Morgan fingerprint density at radius 3 is 1.65 bits per heavy atom. The normalized spacial score (nSPS) is 27.7. The highest BCUT2D eigenvalue weighted by Gasteiger charge is 2.51. The van der Waals surface area contributed by atoms with Crippen LogP contribution >= 0.6 is 0 Å². The van der Waals surface area contributed by atoms with Gasteiger partial charge in [0.2, 0.25) is 5.91 Å². The summed E-state index contributed by atoms with van der Waals surface area (Å²) in [5.74, 6) is -0.283. The summed E-state index contributed by atoms with van der Waals surface area (Å²) in [6.45, 7) is 2.54. The maximum atomic E-state index is 13.1. The van der Waals surface area contributed by atoms with E-state index < -0.39 is 86.8 Å². The van der Waals surface area contributed by atoms with Crippen LogP contribution < -0.4 is 5.32 Å². The second-order valence-corrected chi connectivity index (χ2v) is 16.8. The smallest absolute Gasteiger partial charge is 0.220 e. The Morgan fingerprint density at radius 2 is 1.06 bits per heavy atom. The number of ether oxygens (including phenoxy) is 4. The van der Waals surface area contributed by atoms with E-state index in [0.717, 1.165) is 89.9 Å². The standard InChI is InChI=1S/C52H85NO13/c1-3-5-7-9-11-13-14-15-16-17-18-19-20-21-22-23-24-25-26-28-30-32-34-36-44(57)53-40(41(56)35-33-31-29-27-12-10-8-6-4-2)39-63-51-49(62)47(60)50(43(38-55)65-51)66-52-48(61)46(59)45(58)42(37-54)64-52/h5,7,11-13,15-16,18-19,21-22,24-25,27,33,35,40-43,45-52,54-56,58-62H,3-4,6,8-10,14,17,20,23,26,28-32,34,36-39H2,1-2H3,(H,53,57)/b7-5-,13-11-,16-15-,19-18-,22-21-,25-24-,27-12+,35-33+. The van der Waals surface area contributed by atoms with Crippen LogP contribution in [0.15, 0.2) is 97.2 Å². The average Bonchev–Trinajstić information content (AvgIpc) is 3.31. The molecular weight excluding hydrogens is 847 g/mol. The average molecular weight is 932 g/mol. The summed E-state index contributed by atoms with van der Waals surface area (Å²) in [7, 11) is 0. The number of aliphatic hydroxyl groups excluding tert-OH is 8. The molecule has 0 aromatic rings. The summed E-state index contributed by atoms with van der Waals surface area (Å²) < 4.78 is 22.6. The van der Waals surface area contributed by atoms with Gasteiger partial charge in [-0.25, -0.2) is 0 Å². The molecule has 2 aliphatic heterocycles. The van der Waals surface area contributed by atoms with Crippen LogP contribution in [-0.4, -0.2) is 140 Å². The maximum Gasteiger partial charge on any atom is 0.220 e. The molecule has 0 saturated carbocycles. The Kier molecular flexibility index (Phi) is 33.8. The Bertz CT molecular complexity index is 1470. The van der Waals surface area contributed by atoms with Gasteiger partial charge in [0.1, 0.15) is 48.8 Å². The minimum atomic E-state index is -1.80. The number of unbranched alkanes of at least 4 members (excludes halogenated alkanes) is 8. The third-order valence-corrected chi connectivity index (χ3v) is 11.3. The SMILES string of the molecule is CC/C=C\C/C=C\C/C=C\C/C=C\C/C=C\C/C=C\CCCCCCC(=O)NC(COC1OC(CO)C(OC2OC(CO)C(O)C(O)C2O)C(O)C1O)C(O)/C=C/CC/C=C/CCCCC. The number of hydrogen-bond acceptors (Lipinski definition) is 13. The minimum absolute atomic E-state index is 0.237. The zero-order valence-electron chi connectivity index (χ0n) is 39.6. The lowest BCUT2D eigenvalue weighted by Crippen LogP contribution is -2.65. The minimum Gasteiger partial charge on any atom is -0.394 e. The molecule has 12 atom stereocenters. The lowest BCUT2D eigenvalue weighted by atomic mass is 9.97. The van der Waals surface area contributed by atoms with Gasteiger partial charge in [-0.05, 0) is 83.5 Å². The molecule has 2 aliphatic rings. The molecule has 376 valence electrons. The number of allylic oxidation sites excluding steroid dienone is 15. The summed E-state index contributed by atoms with van der Waals surface area (Å²) in [4.78, 5) is 13.1. The van der Waals surface area contributed by atoms with E-state index in [-0.39, 0.29) is 18.9 Å². The van der Waals surface area contributed by atoms with Crippen molar-refractivity contribution in [1.29, 1.82) is 0 Å². The van der Waals surface area contributed by atoms with E-state index in [2.05, 4.69) is 104 Å². The molecular formula is C52H85NO13. The van der Waals surface area contributed by atoms with Crippen molar-refractivity contribution in [2.75, 3.05) is 19.8 Å². The van der Waals surface area contributed by atoms with Gasteiger partial charge in [-0.1, -0.05) is 137 Å². The number of amides is 1. The van der Waals surface area contributed by atoms with Crippen LogP contribution in [-0.2, 0) is 23.7 Å². The monoisotopic (exact) mass is 932 g/mol. The molecule has 12 unspecified atom stereocenters. The fraction of sp³-hybridized carbons (Fsp3) is 0.673. The Hall–Kier alpha value is -3.09. The van der Waals surface area contributed by atoms with Gasteiger partial charge in [0.05, 0.1) is 32.0 Å². The van der Waals surface area contributed by atoms with Gasteiger partial charge in [-0.15, -0.1) is 0 Å². The maximum absolute atomic E-state index is 13.1. The summed E-state index contributed by atoms with van der Waals surface area (Å²) in [6, 6.07) is -0.949. The van der Waals surface area contributed by atoms with E-state index in [1.807, 2.05) is 6.08 Å². The third-order valence-electron chi connectivity index (χ3n) is 11.3. The molecule has 0 aromatic carbocycles. The quantitative estimate of drug-likeness (QED) is 0.0264. The van der Waals surface area contributed by atoms with Gasteiger partial charge in [0.25, 0.3) is 0 Å². The van der Waals surface area contributed by atoms with Crippen molar-refractivity contribution in [1.82, 2.24) is 5.32 Å². The number of carbonyl (C=O) groups is 1. The number of hydrogen-bond donors (Lipinski definition) is 9. The van der Waals surface area contributed by atoms with Gasteiger partial charge in [0.15, 0.2) is 12.6 Å². The molecule has 14 heteroatoms. The zero-order chi connectivity index (χ0) is 48.2. The fourth-order valence-corrected chi connectivity index (χ4v) is 7.25. The van der Waals surface area contributed by atoms with Crippen LogP contribution in [0.4, 0.5) is 0 Å². The topological polar surface area (TPSA) is 228 Å². The van der Waals surface area contributed by atoms with Crippen molar-refractivity contribution in [2.24, 2.45) is 0 Å². The van der Waals surface area contributed by atoms with Crippen LogP contribution in [0.3, 0.4) is 0 Å². The molecule has 0 bridgehead atoms. The first-order chi connectivity index (χ1) is 32.1. The van der Waals surface area contributed by atoms with E-state index in [1.165, 1.54) is 6.42 Å². The molecule has 9 N–H and O–H groups in total. The van der Waals surface area contributed by atoms with Crippen molar-refractivity contribution < 1.29 is 64.6 Å². The van der Waals surface area contributed by atoms with Crippen LogP contribution in [0.2, 0.25) is 0 Å². The van der Waals surface area contributed by atoms with Crippen molar-refractivity contribution >= 4 is 5.91 Å². The van der Waals surface area contributed by atoms with E-state index in [0.29, 0.717) is 12.8 Å². The zero-order valence-corrected chi connectivity index (χ0v) is 39.6. The predicted octanol–water partition coefficient (Wildman–Crippen LogP) is 5.98. The highest BCUT2D eigenvalue weighted by atomic mass is 16.7.